The van der Waals surface area contributed by atoms with Crippen molar-refractivity contribution in [2.75, 3.05) is 23.4 Å². The number of esters is 1. The smallest absolute Gasteiger partial charge is 0.315 e. The molecule has 1 aromatic rings. The van der Waals surface area contributed by atoms with Crippen molar-refractivity contribution in [3.63, 3.8) is 0 Å². The van der Waals surface area contributed by atoms with Crippen LogP contribution in [0.3, 0.4) is 0 Å². The number of thioether (sulfide) groups is 1. The number of rotatable bonds is 6. The van der Waals surface area contributed by atoms with E-state index in [2.05, 4.69) is 5.32 Å². The molecule has 5 nitrogen and oxygen atoms in total. The number of anilines is 1. The molecule has 1 heterocycles. The van der Waals surface area contributed by atoms with Crippen molar-refractivity contribution in [1.29, 1.82) is 5.26 Å². The molecule has 1 N–H and O–H groups in total. The highest BCUT2D eigenvalue weighted by atomic mass is 32.2. The average molecular weight is 284 g/mol. The molecule has 1 amide bonds. The number of carbonyl (C=O) groups is 2. The third-order valence-corrected chi connectivity index (χ3v) is 3.53. The molecule has 96 valence electrons. The maximum atomic E-state index is 11.5. The third-order valence-electron chi connectivity index (χ3n) is 1.80. The van der Waals surface area contributed by atoms with Gasteiger partial charge in [0.25, 0.3) is 0 Å². The van der Waals surface area contributed by atoms with E-state index in [0.29, 0.717) is 17.2 Å². The fraction of sp³-hybridized carbons (Fsp3) is 0.364. The zero-order valence-corrected chi connectivity index (χ0v) is 11.4. The second kappa shape index (κ2) is 7.74. The molecule has 0 aliphatic heterocycles. The van der Waals surface area contributed by atoms with Crippen LogP contribution in [0.1, 0.15) is 12.5 Å². The molecule has 7 heteroatoms. The van der Waals surface area contributed by atoms with Gasteiger partial charge in [-0.25, -0.2) is 0 Å². The first-order chi connectivity index (χ1) is 8.67. The first-order valence-corrected chi connectivity index (χ1v) is 7.21. The SMILES string of the molecule is CCOC(=O)CSCC(=O)Nc1sccc1C#N. The Bertz CT molecular complexity index is 465. The van der Waals surface area contributed by atoms with E-state index in [4.69, 9.17) is 10.00 Å². The standard InChI is InChI=1S/C11H12N2O3S2/c1-2-16-10(15)7-17-6-9(14)13-11-8(5-12)3-4-18-11/h3-4H,2,6-7H2,1H3,(H,13,14). The van der Waals surface area contributed by atoms with Gasteiger partial charge >= 0.3 is 5.97 Å². The van der Waals surface area contributed by atoms with Crippen molar-refractivity contribution in [1.82, 2.24) is 0 Å². The van der Waals surface area contributed by atoms with Crippen LogP contribution in [0.2, 0.25) is 0 Å². The second-order valence-corrected chi connectivity index (χ2v) is 5.02. The number of amides is 1. The van der Waals surface area contributed by atoms with Gasteiger partial charge in [0.2, 0.25) is 5.91 Å². The van der Waals surface area contributed by atoms with Crippen LogP contribution >= 0.6 is 23.1 Å². The van der Waals surface area contributed by atoms with Crippen molar-refractivity contribution in [3.05, 3.63) is 17.0 Å². The predicted octanol–water partition coefficient (Wildman–Crippen LogP) is 1.85. The molecule has 0 saturated heterocycles. The monoisotopic (exact) mass is 284 g/mol. The Hall–Kier alpha value is -1.52. The molecular weight excluding hydrogens is 272 g/mol. The van der Waals surface area contributed by atoms with Crippen molar-refractivity contribution in [3.8, 4) is 6.07 Å². The summed E-state index contributed by atoms with van der Waals surface area (Å²) < 4.78 is 4.73. The Morgan fingerprint density at radius 2 is 2.33 bits per heavy atom. The molecule has 0 radical (unpaired) electrons. The molecule has 0 unspecified atom stereocenters. The van der Waals surface area contributed by atoms with Gasteiger partial charge in [0, 0.05) is 0 Å². The van der Waals surface area contributed by atoms with E-state index in [-0.39, 0.29) is 23.4 Å². The molecule has 1 aromatic heterocycles. The minimum absolute atomic E-state index is 0.150. The molecule has 0 aliphatic rings. The van der Waals surface area contributed by atoms with Gasteiger partial charge in [-0.2, -0.15) is 5.26 Å². The lowest BCUT2D eigenvalue weighted by molar-refractivity contribution is -0.139. The number of nitriles is 1. The molecule has 0 atom stereocenters. The highest BCUT2D eigenvalue weighted by Crippen LogP contribution is 2.22. The van der Waals surface area contributed by atoms with Crippen LogP contribution in [-0.2, 0) is 14.3 Å². The molecule has 0 aliphatic carbocycles. The summed E-state index contributed by atoms with van der Waals surface area (Å²) in [5, 5.41) is 13.7. The van der Waals surface area contributed by atoms with Gasteiger partial charge in [-0.1, -0.05) is 0 Å². The summed E-state index contributed by atoms with van der Waals surface area (Å²) in [5.74, 6) is -0.259. The van der Waals surface area contributed by atoms with Crippen LogP contribution < -0.4 is 5.32 Å². The summed E-state index contributed by atoms with van der Waals surface area (Å²) in [6.07, 6.45) is 0. The normalized spacial score (nSPS) is 9.56. The number of hydrogen-bond donors (Lipinski definition) is 1. The van der Waals surface area contributed by atoms with Crippen LogP contribution in [0.4, 0.5) is 5.00 Å². The Balaban J connectivity index is 2.30. The van der Waals surface area contributed by atoms with Crippen LogP contribution in [0, 0.1) is 11.3 Å². The number of nitrogens with one attached hydrogen (secondary N) is 1. The Morgan fingerprint density at radius 3 is 3.00 bits per heavy atom. The fourth-order valence-corrected chi connectivity index (χ4v) is 2.45. The van der Waals surface area contributed by atoms with Crippen LogP contribution in [0.5, 0.6) is 0 Å². The van der Waals surface area contributed by atoms with Crippen LogP contribution in [0.25, 0.3) is 0 Å². The van der Waals surface area contributed by atoms with Gasteiger partial charge < -0.3 is 10.1 Å². The van der Waals surface area contributed by atoms with E-state index in [1.807, 2.05) is 6.07 Å². The van der Waals surface area contributed by atoms with Gasteiger partial charge in [0.1, 0.15) is 11.1 Å². The fourth-order valence-electron chi connectivity index (χ4n) is 1.09. The lowest BCUT2D eigenvalue weighted by Gasteiger charge is -2.03. The van der Waals surface area contributed by atoms with E-state index in [0.717, 1.165) is 0 Å². The van der Waals surface area contributed by atoms with Gasteiger partial charge in [-0.3, -0.25) is 9.59 Å². The molecule has 0 aromatic carbocycles. The summed E-state index contributed by atoms with van der Waals surface area (Å²) >= 11 is 2.47. The Labute approximate surface area is 113 Å². The van der Waals surface area contributed by atoms with E-state index < -0.39 is 0 Å². The summed E-state index contributed by atoms with van der Waals surface area (Å²) in [5.41, 5.74) is 0.448. The van der Waals surface area contributed by atoms with E-state index in [1.54, 1.807) is 18.4 Å². The Kier molecular flexibility index (Phi) is 6.25. The zero-order chi connectivity index (χ0) is 13.4. The molecule has 0 fully saturated rings. The topological polar surface area (TPSA) is 79.2 Å². The van der Waals surface area contributed by atoms with E-state index >= 15 is 0 Å². The number of carbonyl (C=O) groups excluding carboxylic acids is 2. The minimum atomic E-state index is -0.330. The average Bonchev–Trinajstić information content (AvgIpc) is 2.76. The zero-order valence-electron chi connectivity index (χ0n) is 9.76. The molecule has 1 rings (SSSR count). The van der Waals surface area contributed by atoms with Crippen molar-refractivity contribution in [2.24, 2.45) is 0 Å². The molecule has 18 heavy (non-hydrogen) atoms. The lowest BCUT2D eigenvalue weighted by atomic mass is 10.3. The lowest BCUT2D eigenvalue weighted by Crippen LogP contribution is -2.16. The first-order valence-electron chi connectivity index (χ1n) is 5.18. The summed E-state index contributed by atoms with van der Waals surface area (Å²) in [7, 11) is 0. The van der Waals surface area contributed by atoms with Gasteiger partial charge in [-0.05, 0) is 18.4 Å². The Morgan fingerprint density at radius 1 is 1.56 bits per heavy atom. The molecule has 0 bridgehead atoms. The maximum Gasteiger partial charge on any atom is 0.315 e. The highest BCUT2D eigenvalue weighted by Gasteiger charge is 2.09. The molecule has 0 spiro atoms. The largest absolute Gasteiger partial charge is 0.465 e. The van der Waals surface area contributed by atoms with Crippen LogP contribution in [0.15, 0.2) is 11.4 Å². The number of nitrogens with zero attached hydrogens (tertiary/aromatic N) is 1. The van der Waals surface area contributed by atoms with Crippen molar-refractivity contribution >= 4 is 40.0 Å². The first kappa shape index (κ1) is 14.5. The van der Waals surface area contributed by atoms with Crippen molar-refractivity contribution < 1.29 is 14.3 Å². The van der Waals surface area contributed by atoms with Gasteiger partial charge in [0.05, 0.1) is 23.7 Å². The predicted molar refractivity (Wildman–Crippen MR) is 71.6 cm³/mol. The van der Waals surface area contributed by atoms with E-state index in [1.165, 1.54) is 23.1 Å². The number of hydrogen-bond acceptors (Lipinski definition) is 6. The van der Waals surface area contributed by atoms with Crippen LogP contribution in [-0.4, -0.2) is 30.0 Å². The summed E-state index contributed by atoms with van der Waals surface area (Å²) in [4.78, 5) is 22.6. The van der Waals surface area contributed by atoms with Gasteiger partial charge in [-0.15, -0.1) is 23.1 Å². The number of ether oxygens (including phenoxy) is 1. The van der Waals surface area contributed by atoms with Crippen molar-refractivity contribution in [2.45, 2.75) is 6.92 Å². The number of thiophene rings is 1. The molecular formula is C11H12N2O3S2. The minimum Gasteiger partial charge on any atom is -0.465 e. The summed E-state index contributed by atoms with van der Waals surface area (Å²) in [6, 6.07) is 3.63. The molecule has 0 saturated carbocycles. The highest BCUT2D eigenvalue weighted by molar-refractivity contribution is 8.00. The maximum absolute atomic E-state index is 11.5. The van der Waals surface area contributed by atoms with Gasteiger partial charge in [0.15, 0.2) is 0 Å². The summed E-state index contributed by atoms with van der Waals surface area (Å²) in [6.45, 7) is 2.07. The third kappa shape index (κ3) is 4.77. The second-order valence-electron chi connectivity index (χ2n) is 3.12. The quantitative estimate of drug-likeness (QED) is 0.806. The van der Waals surface area contributed by atoms with E-state index in [9.17, 15) is 9.59 Å².